The summed E-state index contributed by atoms with van der Waals surface area (Å²) in [6.07, 6.45) is 7.37. The molecule has 3 aromatic rings. The Morgan fingerprint density at radius 1 is 1.00 bits per heavy atom. The average Bonchev–Trinajstić information content (AvgIpc) is 3.17. The van der Waals surface area contributed by atoms with Crippen LogP contribution < -0.4 is 10.6 Å². The highest BCUT2D eigenvalue weighted by atomic mass is 15.2. The van der Waals surface area contributed by atoms with Gasteiger partial charge in [-0.2, -0.15) is 0 Å². The van der Waals surface area contributed by atoms with Crippen LogP contribution in [0.4, 0.5) is 0 Å². The fourth-order valence-corrected chi connectivity index (χ4v) is 2.44. The molecule has 25 heavy (non-hydrogen) atoms. The van der Waals surface area contributed by atoms with Crippen LogP contribution in [0.15, 0.2) is 72.4 Å². The summed E-state index contributed by atoms with van der Waals surface area (Å²) in [5.74, 6) is 0.758. The lowest BCUT2D eigenvalue weighted by atomic mass is 10.1. The zero-order valence-electron chi connectivity index (χ0n) is 14.3. The van der Waals surface area contributed by atoms with Crippen molar-refractivity contribution in [2.24, 2.45) is 4.99 Å². The van der Waals surface area contributed by atoms with Crippen molar-refractivity contribution >= 4 is 5.96 Å². The van der Waals surface area contributed by atoms with E-state index in [9.17, 15) is 0 Å². The molecule has 0 unspecified atom stereocenters. The number of pyridine rings is 1. The summed E-state index contributed by atoms with van der Waals surface area (Å²) in [4.78, 5) is 12.6. The highest BCUT2D eigenvalue weighted by Crippen LogP contribution is 2.06. The van der Waals surface area contributed by atoms with Gasteiger partial charge in [0.1, 0.15) is 0 Å². The van der Waals surface area contributed by atoms with Gasteiger partial charge in [-0.1, -0.05) is 30.3 Å². The van der Waals surface area contributed by atoms with Gasteiger partial charge in [0.05, 0.1) is 18.6 Å². The van der Waals surface area contributed by atoms with Gasteiger partial charge >= 0.3 is 0 Å². The molecule has 0 fully saturated rings. The molecule has 2 aromatic heterocycles. The molecule has 0 bridgehead atoms. The second kappa shape index (κ2) is 8.63. The molecule has 0 saturated heterocycles. The molecule has 1 aromatic carbocycles. The summed E-state index contributed by atoms with van der Waals surface area (Å²) in [5.41, 5.74) is 3.43. The van der Waals surface area contributed by atoms with Crippen LogP contribution in [0.2, 0.25) is 0 Å². The van der Waals surface area contributed by atoms with E-state index < -0.39 is 0 Å². The number of aliphatic imine (C=N–C) groups is 1. The van der Waals surface area contributed by atoms with Crippen LogP contribution in [-0.4, -0.2) is 27.5 Å². The Morgan fingerprint density at radius 2 is 1.80 bits per heavy atom. The highest BCUT2D eigenvalue weighted by Gasteiger charge is 2.00. The standard InChI is InChI=1S/C19H22N6/c1-20-19(24-13-18-4-2-3-9-22-18)23-12-16-5-7-17(8-6-16)14-25-11-10-21-15-25/h2-11,15H,12-14H2,1H3,(H2,20,23,24). The van der Waals surface area contributed by atoms with Gasteiger partial charge in [0, 0.05) is 38.7 Å². The minimum Gasteiger partial charge on any atom is -0.352 e. The predicted octanol–water partition coefficient (Wildman–Crippen LogP) is 2.19. The number of guanidine groups is 1. The molecule has 6 heteroatoms. The van der Waals surface area contributed by atoms with Gasteiger partial charge in [-0.3, -0.25) is 9.98 Å². The summed E-state index contributed by atoms with van der Waals surface area (Å²) in [5, 5.41) is 6.58. The summed E-state index contributed by atoms with van der Waals surface area (Å²) in [7, 11) is 1.77. The number of nitrogens with zero attached hydrogens (tertiary/aromatic N) is 4. The second-order valence-electron chi connectivity index (χ2n) is 5.65. The third-order valence-corrected chi connectivity index (χ3v) is 3.79. The highest BCUT2D eigenvalue weighted by molar-refractivity contribution is 5.79. The monoisotopic (exact) mass is 334 g/mol. The Balaban J connectivity index is 1.48. The zero-order chi connectivity index (χ0) is 17.3. The summed E-state index contributed by atoms with van der Waals surface area (Å²) in [6.45, 7) is 2.19. The molecule has 0 radical (unpaired) electrons. The molecule has 0 aliphatic heterocycles. The number of hydrogen-bond acceptors (Lipinski definition) is 3. The first-order chi connectivity index (χ1) is 12.3. The SMILES string of the molecule is CN=C(NCc1ccc(Cn2ccnc2)cc1)NCc1ccccn1. The minimum absolute atomic E-state index is 0.643. The average molecular weight is 334 g/mol. The Kier molecular flexibility index (Phi) is 5.77. The van der Waals surface area contributed by atoms with Crippen molar-refractivity contribution in [2.45, 2.75) is 19.6 Å². The van der Waals surface area contributed by atoms with Crippen molar-refractivity contribution < 1.29 is 0 Å². The molecular formula is C19H22N6. The fraction of sp³-hybridized carbons (Fsp3) is 0.211. The van der Waals surface area contributed by atoms with E-state index in [1.54, 1.807) is 19.4 Å². The van der Waals surface area contributed by atoms with Gasteiger partial charge in [0.15, 0.2) is 5.96 Å². The van der Waals surface area contributed by atoms with Crippen LogP contribution in [-0.2, 0) is 19.6 Å². The van der Waals surface area contributed by atoms with Crippen molar-refractivity contribution in [3.8, 4) is 0 Å². The molecule has 0 aliphatic carbocycles. The number of nitrogens with one attached hydrogen (secondary N) is 2. The smallest absolute Gasteiger partial charge is 0.191 e. The van der Waals surface area contributed by atoms with E-state index in [1.807, 2.05) is 30.7 Å². The first-order valence-corrected chi connectivity index (χ1v) is 8.21. The first kappa shape index (κ1) is 16.7. The maximum absolute atomic E-state index is 4.29. The van der Waals surface area contributed by atoms with E-state index in [0.717, 1.165) is 18.2 Å². The van der Waals surface area contributed by atoms with Gasteiger partial charge in [0.2, 0.25) is 0 Å². The van der Waals surface area contributed by atoms with Crippen LogP contribution >= 0.6 is 0 Å². The molecule has 6 nitrogen and oxygen atoms in total. The quantitative estimate of drug-likeness (QED) is 0.536. The van der Waals surface area contributed by atoms with Gasteiger partial charge in [-0.25, -0.2) is 4.98 Å². The van der Waals surface area contributed by atoms with Crippen molar-refractivity contribution in [1.82, 2.24) is 25.2 Å². The van der Waals surface area contributed by atoms with Crippen LogP contribution in [0.1, 0.15) is 16.8 Å². The van der Waals surface area contributed by atoms with Crippen LogP contribution in [0.3, 0.4) is 0 Å². The zero-order valence-corrected chi connectivity index (χ0v) is 14.3. The molecule has 0 aliphatic rings. The predicted molar refractivity (Wildman–Crippen MR) is 99.0 cm³/mol. The third-order valence-electron chi connectivity index (χ3n) is 3.79. The third kappa shape index (κ3) is 5.17. The number of rotatable bonds is 6. The minimum atomic E-state index is 0.643. The Labute approximate surface area is 147 Å². The first-order valence-electron chi connectivity index (χ1n) is 8.21. The number of aromatic nitrogens is 3. The lowest BCUT2D eigenvalue weighted by Crippen LogP contribution is -2.36. The molecule has 2 N–H and O–H groups in total. The number of hydrogen-bond donors (Lipinski definition) is 2. The maximum Gasteiger partial charge on any atom is 0.191 e. The molecule has 0 amide bonds. The normalized spacial score (nSPS) is 11.3. The van der Waals surface area contributed by atoms with E-state index in [4.69, 9.17) is 0 Å². The molecule has 3 rings (SSSR count). The maximum atomic E-state index is 4.29. The van der Waals surface area contributed by atoms with E-state index in [0.29, 0.717) is 13.1 Å². The van der Waals surface area contributed by atoms with Crippen LogP contribution in [0.5, 0.6) is 0 Å². The number of benzene rings is 1. The van der Waals surface area contributed by atoms with Crippen molar-refractivity contribution in [3.05, 3.63) is 84.2 Å². The summed E-state index contributed by atoms with van der Waals surface area (Å²) in [6, 6.07) is 14.4. The van der Waals surface area contributed by atoms with Crippen molar-refractivity contribution in [2.75, 3.05) is 7.05 Å². The fourth-order valence-electron chi connectivity index (χ4n) is 2.44. The number of imidazole rings is 1. The van der Waals surface area contributed by atoms with E-state index >= 15 is 0 Å². The Hall–Kier alpha value is -3.15. The lowest BCUT2D eigenvalue weighted by molar-refractivity contribution is 0.787. The molecule has 128 valence electrons. The van der Waals surface area contributed by atoms with Gasteiger partial charge < -0.3 is 15.2 Å². The second-order valence-corrected chi connectivity index (χ2v) is 5.65. The van der Waals surface area contributed by atoms with E-state index in [1.165, 1.54) is 11.1 Å². The van der Waals surface area contributed by atoms with Gasteiger partial charge in [-0.15, -0.1) is 0 Å². The molecular weight excluding hydrogens is 312 g/mol. The molecule has 0 saturated carbocycles. The lowest BCUT2D eigenvalue weighted by Gasteiger charge is -2.12. The summed E-state index contributed by atoms with van der Waals surface area (Å²) >= 11 is 0. The van der Waals surface area contributed by atoms with Gasteiger partial charge in [-0.05, 0) is 23.3 Å². The Bertz CT molecular complexity index is 779. The Morgan fingerprint density at radius 3 is 2.48 bits per heavy atom. The molecule has 0 spiro atoms. The topological polar surface area (TPSA) is 67.1 Å². The summed E-state index contributed by atoms with van der Waals surface area (Å²) < 4.78 is 2.05. The van der Waals surface area contributed by atoms with Crippen molar-refractivity contribution in [3.63, 3.8) is 0 Å². The molecule has 0 atom stereocenters. The van der Waals surface area contributed by atoms with Crippen molar-refractivity contribution in [1.29, 1.82) is 0 Å². The molecule has 2 heterocycles. The van der Waals surface area contributed by atoms with E-state index in [2.05, 4.69) is 54.4 Å². The van der Waals surface area contributed by atoms with Crippen LogP contribution in [0, 0.1) is 0 Å². The van der Waals surface area contributed by atoms with E-state index in [-0.39, 0.29) is 0 Å². The van der Waals surface area contributed by atoms with Crippen LogP contribution in [0.25, 0.3) is 0 Å². The largest absolute Gasteiger partial charge is 0.352 e. The van der Waals surface area contributed by atoms with Gasteiger partial charge in [0.25, 0.3) is 0 Å².